The predicted octanol–water partition coefficient (Wildman–Crippen LogP) is 2.38. The average Bonchev–Trinajstić information content (AvgIpc) is 2.78. The van der Waals surface area contributed by atoms with Crippen molar-refractivity contribution in [3.63, 3.8) is 0 Å². The predicted molar refractivity (Wildman–Crippen MR) is 74.0 cm³/mol. The Balaban J connectivity index is 2.26. The fraction of sp³-hybridized carbons (Fsp3) is 0.417. The van der Waals surface area contributed by atoms with E-state index in [0.29, 0.717) is 4.77 Å². The van der Waals surface area contributed by atoms with Gasteiger partial charge in [0.25, 0.3) is 0 Å². The highest BCUT2D eigenvalue weighted by Gasteiger charge is 2.12. The first-order valence-corrected chi connectivity index (χ1v) is 6.46. The fourth-order valence-corrected chi connectivity index (χ4v) is 2.12. The maximum absolute atomic E-state index is 5.21. The molecule has 0 saturated carbocycles. The normalized spacial score (nSPS) is 10.6. The summed E-state index contributed by atoms with van der Waals surface area (Å²) in [5.41, 5.74) is 1.21. The molecule has 6 heteroatoms. The molecule has 0 amide bonds. The van der Waals surface area contributed by atoms with Crippen LogP contribution in [0.25, 0.3) is 0 Å². The summed E-state index contributed by atoms with van der Waals surface area (Å²) in [6, 6.07) is 4.03. The molecule has 0 unspecified atom stereocenters. The Morgan fingerprint density at radius 1 is 1.33 bits per heavy atom. The van der Waals surface area contributed by atoms with E-state index < -0.39 is 0 Å². The number of rotatable bonds is 5. The Hall–Kier alpha value is -1.69. The van der Waals surface area contributed by atoms with Gasteiger partial charge in [0.15, 0.2) is 4.77 Å². The molecule has 1 N–H and O–H groups in total. The Kier molecular flexibility index (Phi) is 4.09. The highest BCUT2D eigenvalue weighted by atomic mass is 32.1. The van der Waals surface area contributed by atoms with Crippen LogP contribution in [0, 0.1) is 4.77 Å². The van der Waals surface area contributed by atoms with Gasteiger partial charge in [0, 0.05) is 32.0 Å². The van der Waals surface area contributed by atoms with Crippen LogP contribution in [0.4, 0.5) is 5.95 Å². The van der Waals surface area contributed by atoms with E-state index in [9.17, 15) is 0 Å². The second kappa shape index (κ2) is 5.77. The molecule has 0 atom stereocenters. The van der Waals surface area contributed by atoms with Crippen LogP contribution in [-0.4, -0.2) is 26.3 Å². The molecular weight excluding hydrogens is 246 g/mol. The Morgan fingerprint density at radius 3 is 2.67 bits per heavy atom. The number of anilines is 1. The van der Waals surface area contributed by atoms with Gasteiger partial charge in [0.2, 0.25) is 5.95 Å². The number of hydrogen-bond donors (Lipinski definition) is 1. The summed E-state index contributed by atoms with van der Waals surface area (Å²) in [5.74, 6) is 0.891. The van der Waals surface area contributed by atoms with E-state index in [0.717, 1.165) is 25.6 Å². The van der Waals surface area contributed by atoms with Gasteiger partial charge in [-0.25, -0.2) is 5.10 Å². The number of aromatic nitrogens is 4. The number of hydrogen-bond acceptors (Lipinski definition) is 4. The van der Waals surface area contributed by atoms with E-state index >= 15 is 0 Å². The molecule has 96 valence electrons. The SMILES string of the molecule is CCN(Cc1ccncc1)c1n[nH]c(=S)n1CC. The fourth-order valence-electron chi connectivity index (χ4n) is 1.87. The zero-order chi connectivity index (χ0) is 13.0. The van der Waals surface area contributed by atoms with Crippen LogP contribution in [-0.2, 0) is 13.1 Å². The van der Waals surface area contributed by atoms with Crippen molar-refractivity contribution in [3.8, 4) is 0 Å². The van der Waals surface area contributed by atoms with Crippen molar-refractivity contribution < 1.29 is 0 Å². The first-order valence-electron chi connectivity index (χ1n) is 6.05. The standard InChI is InChI=1S/C12H17N5S/c1-3-16(9-10-5-7-13-8-6-10)11-14-15-12(18)17(11)4-2/h5-8H,3-4,9H2,1-2H3,(H,15,18). The zero-order valence-corrected chi connectivity index (χ0v) is 11.4. The van der Waals surface area contributed by atoms with Crippen LogP contribution in [0.5, 0.6) is 0 Å². The van der Waals surface area contributed by atoms with E-state index in [1.165, 1.54) is 5.56 Å². The molecule has 2 heterocycles. The van der Waals surface area contributed by atoms with Crippen molar-refractivity contribution in [1.82, 2.24) is 19.7 Å². The van der Waals surface area contributed by atoms with Crippen molar-refractivity contribution in [1.29, 1.82) is 0 Å². The first-order chi connectivity index (χ1) is 8.76. The van der Waals surface area contributed by atoms with Crippen molar-refractivity contribution in [2.45, 2.75) is 26.9 Å². The van der Waals surface area contributed by atoms with E-state index in [2.05, 4.69) is 33.9 Å². The molecule has 5 nitrogen and oxygen atoms in total. The van der Waals surface area contributed by atoms with Gasteiger partial charge in [-0.2, -0.15) is 0 Å². The van der Waals surface area contributed by atoms with Crippen molar-refractivity contribution >= 4 is 18.2 Å². The quantitative estimate of drug-likeness (QED) is 0.841. The van der Waals surface area contributed by atoms with Crippen LogP contribution in [0.3, 0.4) is 0 Å². The highest BCUT2D eigenvalue weighted by Crippen LogP contribution is 2.14. The summed E-state index contributed by atoms with van der Waals surface area (Å²) >= 11 is 5.21. The Bertz CT molecular complexity index is 545. The molecule has 0 saturated heterocycles. The molecule has 0 aromatic carbocycles. The van der Waals surface area contributed by atoms with E-state index in [1.54, 1.807) is 12.4 Å². The summed E-state index contributed by atoms with van der Waals surface area (Å²) < 4.78 is 2.67. The molecule has 0 bridgehead atoms. The first kappa shape index (κ1) is 12.8. The van der Waals surface area contributed by atoms with Crippen LogP contribution in [0.1, 0.15) is 19.4 Å². The molecule has 0 aliphatic rings. The van der Waals surface area contributed by atoms with Gasteiger partial charge in [0.05, 0.1) is 0 Å². The van der Waals surface area contributed by atoms with Crippen LogP contribution in [0.15, 0.2) is 24.5 Å². The lowest BCUT2D eigenvalue weighted by molar-refractivity contribution is 0.694. The summed E-state index contributed by atoms with van der Waals surface area (Å²) in [7, 11) is 0. The van der Waals surface area contributed by atoms with Gasteiger partial charge in [-0.15, -0.1) is 5.10 Å². The van der Waals surface area contributed by atoms with Crippen molar-refractivity contribution in [2.75, 3.05) is 11.4 Å². The molecule has 2 rings (SSSR count). The molecule has 2 aromatic heterocycles. The lowest BCUT2D eigenvalue weighted by Crippen LogP contribution is -2.25. The smallest absolute Gasteiger partial charge is 0.225 e. The number of nitrogens with zero attached hydrogens (tertiary/aromatic N) is 4. The summed E-state index contributed by atoms with van der Waals surface area (Å²) in [4.78, 5) is 6.21. The molecule has 18 heavy (non-hydrogen) atoms. The van der Waals surface area contributed by atoms with Crippen LogP contribution in [0.2, 0.25) is 0 Å². The van der Waals surface area contributed by atoms with Gasteiger partial charge >= 0.3 is 0 Å². The molecular formula is C12H17N5S. The second-order valence-corrected chi connectivity index (χ2v) is 4.33. The lowest BCUT2D eigenvalue weighted by atomic mass is 10.2. The summed E-state index contributed by atoms with van der Waals surface area (Å²) in [6.07, 6.45) is 3.61. The molecule has 0 radical (unpaired) electrons. The van der Waals surface area contributed by atoms with E-state index in [-0.39, 0.29) is 0 Å². The van der Waals surface area contributed by atoms with Gasteiger partial charge in [-0.3, -0.25) is 9.55 Å². The van der Waals surface area contributed by atoms with Crippen LogP contribution < -0.4 is 4.90 Å². The maximum atomic E-state index is 5.21. The highest BCUT2D eigenvalue weighted by molar-refractivity contribution is 7.71. The zero-order valence-electron chi connectivity index (χ0n) is 10.6. The molecule has 0 spiro atoms. The number of H-pyrrole nitrogens is 1. The third kappa shape index (κ3) is 2.59. The summed E-state index contributed by atoms with van der Waals surface area (Å²) in [5, 5.41) is 7.16. The minimum Gasteiger partial charge on any atom is -0.337 e. The Labute approximate surface area is 111 Å². The van der Waals surface area contributed by atoms with Crippen molar-refractivity contribution in [2.24, 2.45) is 0 Å². The number of nitrogens with one attached hydrogen (secondary N) is 1. The van der Waals surface area contributed by atoms with Gasteiger partial charge in [-0.1, -0.05) is 0 Å². The second-order valence-electron chi connectivity index (χ2n) is 3.94. The summed E-state index contributed by atoms with van der Waals surface area (Å²) in [6.45, 7) is 6.67. The van der Waals surface area contributed by atoms with Gasteiger partial charge < -0.3 is 4.90 Å². The topological polar surface area (TPSA) is 49.7 Å². The minimum atomic E-state index is 0.667. The number of pyridine rings is 1. The Morgan fingerprint density at radius 2 is 2.06 bits per heavy atom. The average molecular weight is 263 g/mol. The largest absolute Gasteiger partial charge is 0.337 e. The molecule has 0 aliphatic carbocycles. The van der Waals surface area contributed by atoms with E-state index in [4.69, 9.17) is 12.2 Å². The van der Waals surface area contributed by atoms with Crippen LogP contribution >= 0.6 is 12.2 Å². The maximum Gasteiger partial charge on any atom is 0.225 e. The minimum absolute atomic E-state index is 0.667. The molecule has 2 aromatic rings. The third-order valence-corrected chi connectivity index (χ3v) is 3.15. The van der Waals surface area contributed by atoms with Gasteiger partial charge in [0.1, 0.15) is 0 Å². The molecule has 0 aliphatic heterocycles. The molecule has 0 fully saturated rings. The van der Waals surface area contributed by atoms with Gasteiger partial charge in [-0.05, 0) is 43.8 Å². The lowest BCUT2D eigenvalue weighted by Gasteiger charge is -2.21. The van der Waals surface area contributed by atoms with Crippen molar-refractivity contribution in [3.05, 3.63) is 34.9 Å². The third-order valence-electron chi connectivity index (χ3n) is 2.84. The monoisotopic (exact) mass is 263 g/mol. The van der Waals surface area contributed by atoms with E-state index in [1.807, 2.05) is 16.7 Å². The number of aromatic amines is 1.